The van der Waals surface area contributed by atoms with E-state index in [0.29, 0.717) is 18.2 Å². The third kappa shape index (κ3) is 3.63. The van der Waals surface area contributed by atoms with Crippen LogP contribution in [0, 0.1) is 6.92 Å². The van der Waals surface area contributed by atoms with Gasteiger partial charge in [0.2, 0.25) is 5.91 Å². The number of aromatic nitrogens is 2. The van der Waals surface area contributed by atoms with E-state index in [1.165, 1.54) is 0 Å². The highest BCUT2D eigenvalue weighted by atomic mass is 32.2. The second kappa shape index (κ2) is 6.73. The Morgan fingerprint density at radius 2 is 2.14 bits per heavy atom. The molecule has 0 aliphatic carbocycles. The summed E-state index contributed by atoms with van der Waals surface area (Å²) in [7, 11) is 0. The number of aryl methyl sites for hydroxylation is 2. The first-order chi connectivity index (χ1) is 10.6. The van der Waals surface area contributed by atoms with Crippen molar-refractivity contribution in [3.63, 3.8) is 0 Å². The maximum absolute atomic E-state index is 12.3. The Labute approximate surface area is 135 Å². The van der Waals surface area contributed by atoms with Crippen LogP contribution in [0.1, 0.15) is 18.9 Å². The van der Waals surface area contributed by atoms with Crippen molar-refractivity contribution >= 4 is 22.8 Å². The molecule has 0 spiro atoms. The Balaban J connectivity index is 1.43. The van der Waals surface area contributed by atoms with E-state index in [0.717, 1.165) is 43.5 Å². The average molecular weight is 321 g/mol. The summed E-state index contributed by atoms with van der Waals surface area (Å²) < 4.78 is 1.84. The smallest absolute Gasteiger partial charge is 0.224 e. The zero-order chi connectivity index (χ0) is 15.5. The summed E-state index contributed by atoms with van der Waals surface area (Å²) in [5, 5.41) is 5.97. The lowest BCUT2D eigenvalue weighted by Crippen LogP contribution is -2.50. The summed E-state index contributed by atoms with van der Waals surface area (Å²) >= 11 is 1.85. The summed E-state index contributed by atoms with van der Waals surface area (Å²) in [5.41, 5.74) is 1.13. The van der Waals surface area contributed by atoms with Gasteiger partial charge in [0.15, 0.2) is 5.17 Å². The molecule has 1 aromatic rings. The van der Waals surface area contributed by atoms with E-state index in [2.05, 4.69) is 21.9 Å². The van der Waals surface area contributed by atoms with Crippen LogP contribution in [-0.2, 0) is 11.3 Å². The van der Waals surface area contributed by atoms with Gasteiger partial charge in [-0.15, -0.1) is 0 Å². The summed E-state index contributed by atoms with van der Waals surface area (Å²) in [6.07, 6.45) is 4.32. The molecule has 0 saturated carbocycles. The molecule has 3 rings (SSSR count). The van der Waals surface area contributed by atoms with Crippen molar-refractivity contribution in [3.8, 4) is 0 Å². The van der Waals surface area contributed by atoms with Crippen LogP contribution in [-0.4, -0.2) is 68.6 Å². The molecule has 0 bridgehead atoms. The van der Waals surface area contributed by atoms with Gasteiger partial charge in [-0.3, -0.25) is 14.5 Å². The number of hydrogen-bond donors (Lipinski definition) is 0. The highest BCUT2D eigenvalue weighted by Gasteiger charge is 2.26. The number of thioether (sulfide) groups is 1. The number of rotatable bonds is 3. The Morgan fingerprint density at radius 1 is 1.36 bits per heavy atom. The van der Waals surface area contributed by atoms with Gasteiger partial charge < -0.3 is 9.80 Å². The highest BCUT2D eigenvalue weighted by molar-refractivity contribution is 8.14. The van der Waals surface area contributed by atoms with Crippen molar-refractivity contribution in [2.24, 2.45) is 4.99 Å². The number of nitrogens with zero attached hydrogens (tertiary/aromatic N) is 5. The Hall–Kier alpha value is -1.50. The quantitative estimate of drug-likeness (QED) is 0.840. The molecular formula is C15H23N5OS. The third-order valence-corrected chi connectivity index (χ3v) is 5.16. The molecule has 6 nitrogen and oxygen atoms in total. The van der Waals surface area contributed by atoms with E-state index in [9.17, 15) is 4.79 Å². The summed E-state index contributed by atoms with van der Waals surface area (Å²) in [4.78, 5) is 21.2. The van der Waals surface area contributed by atoms with Gasteiger partial charge in [0.05, 0.1) is 12.7 Å². The van der Waals surface area contributed by atoms with Crippen LogP contribution in [0.3, 0.4) is 0 Å². The van der Waals surface area contributed by atoms with Crippen molar-refractivity contribution in [1.29, 1.82) is 0 Å². The van der Waals surface area contributed by atoms with Gasteiger partial charge in [0, 0.05) is 50.6 Å². The maximum atomic E-state index is 12.3. The van der Waals surface area contributed by atoms with Gasteiger partial charge in [0.25, 0.3) is 0 Å². The van der Waals surface area contributed by atoms with E-state index < -0.39 is 0 Å². The van der Waals surface area contributed by atoms with E-state index >= 15 is 0 Å². The molecule has 1 saturated heterocycles. The molecule has 1 amide bonds. The molecule has 2 aliphatic rings. The number of hydrogen-bond acceptors (Lipinski definition) is 5. The molecule has 0 unspecified atom stereocenters. The van der Waals surface area contributed by atoms with E-state index in [-0.39, 0.29) is 5.91 Å². The van der Waals surface area contributed by atoms with Gasteiger partial charge in [0.1, 0.15) is 0 Å². The zero-order valence-corrected chi connectivity index (χ0v) is 14.1. The van der Waals surface area contributed by atoms with Gasteiger partial charge in [-0.2, -0.15) is 5.10 Å². The molecular weight excluding hydrogens is 298 g/mol. The van der Waals surface area contributed by atoms with Crippen molar-refractivity contribution in [2.75, 3.05) is 32.7 Å². The third-order valence-electron chi connectivity index (χ3n) is 4.01. The molecule has 3 heterocycles. The minimum Gasteiger partial charge on any atom is -0.348 e. The Bertz CT molecular complexity index is 562. The summed E-state index contributed by atoms with van der Waals surface area (Å²) in [5.74, 6) is 0.224. The second-order valence-electron chi connectivity index (χ2n) is 5.95. The summed E-state index contributed by atoms with van der Waals surface area (Å²) in [6, 6.07) is 0. The molecule has 1 fully saturated rings. The van der Waals surface area contributed by atoms with Crippen molar-refractivity contribution in [3.05, 3.63) is 18.0 Å². The van der Waals surface area contributed by atoms with Crippen LogP contribution in [0.4, 0.5) is 0 Å². The van der Waals surface area contributed by atoms with E-state index in [1.54, 1.807) is 0 Å². The fourth-order valence-electron chi connectivity index (χ4n) is 2.74. The fraction of sp³-hybridized carbons (Fsp3) is 0.667. The van der Waals surface area contributed by atoms with Crippen LogP contribution >= 0.6 is 11.8 Å². The fourth-order valence-corrected chi connectivity index (χ4v) is 3.73. The topological polar surface area (TPSA) is 53.7 Å². The lowest BCUT2D eigenvalue weighted by atomic mass is 10.3. The Morgan fingerprint density at radius 3 is 2.73 bits per heavy atom. The first kappa shape index (κ1) is 15.4. The number of carbonyl (C=O) groups excluding carboxylic acids is 1. The number of aliphatic imine (C=N–C) groups is 1. The number of piperazine rings is 1. The number of amidine groups is 1. The van der Waals surface area contributed by atoms with Crippen molar-refractivity contribution in [2.45, 2.75) is 32.1 Å². The van der Waals surface area contributed by atoms with Gasteiger partial charge in [-0.1, -0.05) is 18.7 Å². The van der Waals surface area contributed by atoms with Crippen LogP contribution in [0.5, 0.6) is 0 Å². The maximum Gasteiger partial charge on any atom is 0.224 e. The van der Waals surface area contributed by atoms with Crippen LogP contribution in [0.2, 0.25) is 0 Å². The van der Waals surface area contributed by atoms with Gasteiger partial charge in [-0.05, 0) is 12.5 Å². The molecule has 1 aromatic heterocycles. The number of carbonyl (C=O) groups is 1. The van der Waals surface area contributed by atoms with Crippen LogP contribution < -0.4 is 0 Å². The lowest BCUT2D eigenvalue weighted by Gasteiger charge is -2.35. The standard InChI is InChI=1S/C15H23N5OS/c1-12-9-17-20(11-12)4-3-14(21)18-5-7-19(8-6-18)15-16-10-13(2)22-15/h9,11,13H,3-8,10H2,1-2H3/t13-/m0/s1. The largest absolute Gasteiger partial charge is 0.348 e. The molecule has 7 heteroatoms. The Kier molecular flexibility index (Phi) is 4.71. The average Bonchev–Trinajstić information content (AvgIpc) is 3.13. The van der Waals surface area contributed by atoms with Gasteiger partial charge in [-0.25, -0.2) is 0 Å². The monoisotopic (exact) mass is 321 g/mol. The normalized spacial score (nSPS) is 22.1. The van der Waals surface area contributed by atoms with E-state index in [4.69, 9.17) is 0 Å². The molecule has 0 radical (unpaired) electrons. The molecule has 120 valence electrons. The molecule has 1 atom stereocenters. The minimum atomic E-state index is 0.224. The van der Waals surface area contributed by atoms with Crippen molar-refractivity contribution in [1.82, 2.24) is 19.6 Å². The lowest BCUT2D eigenvalue weighted by molar-refractivity contribution is -0.132. The molecule has 22 heavy (non-hydrogen) atoms. The molecule has 2 aliphatic heterocycles. The minimum absolute atomic E-state index is 0.224. The highest BCUT2D eigenvalue weighted by Crippen LogP contribution is 2.23. The first-order valence-electron chi connectivity index (χ1n) is 7.85. The summed E-state index contributed by atoms with van der Waals surface area (Å²) in [6.45, 7) is 9.18. The van der Waals surface area contributed by atoms with Crippen molar-refractivity contribution < 1.29 is 4.79 Å². The zero-order valence-electron chi connectivity index (χ0n) is 13.2. The predicted molar refractivity (Wildman–Crippen MR) is 89.1 cm³/mol. The molecule has 0 aromatic carbocycles. The van der Waals surface area contributed by atoms with Crippen LogP contribution in [0.15, 0.2) is 17.4 Å². The SMILES string of the molecule is Cc1cnn(CCC(=O)N2CCN(C3=NC[C@H](C)S3)CC2)c1. The first-order valence-corrected chi connectivity index (χ1v) is 8.72. The predicted octanol–water partition coefficient (Wildman–Crippen LogP) is 1.22. The van der Waals surface area contributed by atoms with Gasteiger partial charge >= 0.3 is 0 Å². The van der Waals surface area contributed by atoms with E-state index in [1.807, 2.05) is 40.7 Å². The molecule has 0 N–H and O–H groups in total. The van der Waals surface area contributed by atoms with Crippen LogP contribution in [0.25, 0.3) is 0 Å². The number of amides is 1. The second-order valence-corrected chi connectivity index (χ2v) is 7.36.